The van der Waals surface area contributed by atoms with E-state index in [1.54, 1.807) is 0 Å². The Balaban J connectivity index is 1.94. The average Bonchev–Trinajstić information content (AvgIpc) is 2.64. The fourth-order valence-electron chi connectivity index (χ4n) is 2.90. The SMILES string of the molecule is C[NH+](C)CCCNC(=O)c1cc(-c2cccc(Br)c2)nc2ccccc12. The summed E-state index contributed by atoms with van der Waals surface area (Å²) >= 11 is 3.50. The van der Waals surface area contributed by atoms with Crippen molar-refractivity contribution in [2.45, 2.75) is 6.42 Å². The van der Waals surface area contributed by atoms with Gasteiger partial charge in [-0.1, -0.05) is 46.3 Å². The fraction of sp³-hybridized carbons (Fsp3) is 0.238. The number of hydrogen-bond donors (Lipinski definition) is 2. The molecule has 0 aliphatic carbocycles. The molecule has 0 saturated carbocycles. The standard InChI is InChI=1S/C21H22BrN3O/c1-25(2)12-6-11-23-21(26)18-14-20(15-7-5-8-16(22)13-15)24-19-10-4-3-9-17(18)19/h3-5,7-10,13-14H,6,11-12H2,1-2H3,(H,23,26)/p+1. The van der Waals surface area contributed by atoms with Crippen LogP contribution < -0.4 is 10.2 Å². The summed E-state index contributed by atoms with van der Waals surface area (Å²) in [6.45, 7) is 1.70. The maximum absolute atomic E-state index is 12.8. The van der Waals surface area contributed by atoms with E-state index in [1.807, 2.05) is 54.6 Å². The summed E-state index contributed by atoms with van der Waals surface area (Å²) in [5.74, 6) is -0.0476. The molecule has 26 heavy (non-hydrogen) atoms. The van der Waals surface area contributed by atoms with Gasteiger partial charge in [-0.05, 0) is 24.3 Å². The third-order valence-corrected chi connectivity index (χ3v) is 4.71. The molecule has 1 amide bonds. The van der Waals surface area contributed by atoms with Gasteiger partial charge in [0.1, 0.15) is 0 Å². The molecule has 0 radical (unpaired) electrons. The van der Waals surface area contributed by atoms with Crippen molar-refractivity contribution < 1.29 is 9.69 Å². The molecule has 3 rings (SSSR count). The second-order valence-corrected chi connectivity index (χ2v) is 7.56. The lowest BCUT2D eigenvalue weighted by atomic mass is 10.0. The second kappa shape index (κ2) is 8.43. The number of carbonyl (C=O) groups is 1. The van der Waals surface area contributed by atoms with Crippen LogP contribution in [0.4, 0.5) is 0 Å². The summed E-state index contributed by atoms with van der Waals surface area (Å²) in [5.41, 5.74) is 3.28. The van der Waals surface area contributed by atoms with Crippen molar-refractivity contribution in [3.63, 3.8) is 0 Å². The summed E-state index contributed by atoms with van der Waals surface area (Å²) in [6, 6.07) is 17.6. The highest BCUT2D eigenvalue weighted by Crippen LogP contribution is 2.26. The van der Waals surface area contributed by atoms with Gasteiger partial charge in [0.25, 0.3) is 5.91 Å². The average molecular weight is 413 g/mol. The lowest BCUT2D eigenvalue weighted by Gasteiger charge is -2.11. The zero-order valence-corrected chi connectivity index (χ0v) is 16.6. The monoisotopic (exact) mass is 412 g/mol. The third-order valence-electron chi connectivity index (χ3n) is 4.22. The van der Waals surface area contributed by atoms with E-state index in [9.17, 15) is 4.79 Å². The third kappa shape index (κ3) is 4.48. The molecule has 0 spiro atoms. The van der Waals surface area contributed by atoms with E-state index in [1.165, 1.54) is 4.90 Å². The minimum atomic E-state index is -0.0476. The van der Waals surface area contributed by atoms with Gasteiger partial charge < -0.3 is 10.2 Å². The number of fused-ring (bicyclic) bond motifs is 1. The van der Waals surface area contributed by atoms with E-state index < -0.39 is 0 Å². The van der Waals surface area contributed by atoms with Crippen LogP contribution in [0.25, 0.3) is 22.2 Å². The van der Waals surface area contributed by atoms with Crippen LogP contribution in [-0.2, 0) is 0 Å². The predicted octanol–water partition coefficient (Wildman–Crippen LogP) is 2.93. The number of nitrogens with one attached hydrogen (secondary N) is 2. The molecule has 0 fully saturated rings. The molecule has 1 aromatic heterocycles. The van der Waals surface area contributed by atoms with Gasteiger partial charge in [0, 0.05) is 28.4 Å². The molecule has 4 nitrogen and oxygen atoms in total. The maximum Gasteiger partial charge on any atom is 0.252 e. The molecule has 0 bridgehead atoms. The molecule has 0 saturated heterocycles. The Hall–Kier alpha value is -2.24. The number of para-hydroxylation sites is 1. The van der Waals surface area contributed by atoms with Crippen molar-refractivity contribution in [1.82, 2.24) is 10.3 Å². The van der Waals surface area contributed by atoms with Gasteiger partial charge in [0.2, 0.25) is 0 Å². The van der Waals surface area contributed by atoms with E-state index in [0.29, 0.717) is 12.1 Å². The number of rotatable bonds is 6. The van der Waals surface area contributed by atoms with Gasteiger partial charge in [0.15, 0.2) is 0 Å². The number of amides is 1. The van der Waals surface area contributed by atoms with Crippen molar-refractivity contribution in [2.75, 3.05) is 27.2 Å². The Morgan fingerprint density at radius 2 is 1.92 bits per heavy atom. The summed E-state index contributed by atoms with van der Waals surface area (Å²) in [6.07, 6.45) is 0.954. The van der Waals surface area contributed by atoms with E-state index in [2.05, 4.69) is 35.3 Å². The van der Waals surface area contributed by atoms with Gasteiger partial charge >= 0.3 is 0 Å². The fourth-order valence-corrected chi connectivity index (χ4v) is 3.30. The minimum Gasteiger partial charge on any atom is -0.352 e. The Labute approximate surface area is 162 Å². The van der Waals surface area contributed by atoms with Crippen LogP contribution in [0.1, 0.15) is 16.8 Å². The number of carbonyl (C=O) groups excluding carboxylic acids is 1. The first-order valence-corrected chi connectivity index (χ1v) is 9.57. The maximum atomic E-state index is 12.8. The quantitative estimate of drug-likeness (QED) is 0.611. The Kier molecular flexibility index (Phi) is 6.01. The van der Waals surface area contributed by atoms with Crippen molar-refractivity contribution >= 4 is 32.7 Å². The van der Waals surface area contributed by atoms with Crippen LogP contribution in [0.15, 0.2) is 59.1 Å². The van der Waals surface area contributed by atoms with Gasteiger partial charge in [0.05, 0.1) is 37.4 Å². The minimum absolute atomic E-state index is 0.0476. The molecule has 2 N–H and O–H groups in total. The highest BCUT2D eigenvalue weighted by molar-refractivity contribution is 9.10. The van der Waals surface area contributed by atoms with Crippen molar-refractivity contribution in [3.05, 3.63) is 64.6 Å². The molecular weight excluding hydrogens is 390 g/mol. The van der Waals surface area contributed by atoms with Crippen LogP contribution >= 0.6 is 15.9 Å². The summed E-state index contributed by atoms with van der Waals surface area (Å²) in [4.78, 5) is 18.9. The number of nitrogens with zero attached hydrogens (tertiary/aromatic N) is 1. The van der Waals surface area contributed by atoms with Gasteiger partial charge in [-0.3, -0.25) is 4.79 Å². The summed E-state index contributed by atoms with van der Waals surface area (Å²) in [5, 5.41) is 3.92. The molecule has 0 aliphatic heterocycles. The lowest BCUT2D eigenvalue weighted by Crippen LogP contribution is -3.05. The zero-order valence-electron chi connectivity index (χ0n) is 15.1. The number of hydrogen-bond acceptors (Lipinski definition) is 2. The zero-order chi connectivity index (χ0) is 18.5. The molecular formula is C21H23BrN3O+. The number of pyridine rings is 1. The van der Waals surface area contributed by atoms with Gasteiger partial charge in [-0.2, -0.15) is 0 Å². The van der Waals surface area contributed by atoms with Crippen LogP contribution in [0, 0.1) is 0 Å². The van der Waals surface area contributed by atoms with Crippen LogP contribution in [0.3, 0.4) is 0 Å². The first-order chi connectivity index (χ1) is 12.5. The highest BCUT2D eigenvalue weighted by Gasteiger charge is 2.14. The highest BCUT2D eigenvalue weighted by atomic mass is 79.9. The molecule has 0 aliphatic rings. The van der Waals surface area contributed by atoms with Crippen molar-refractivity contribution in [3.8, 4) is 11.3 Å². The Morgan fingerprint density at radius 1 is 1.12 bits per heavy atom. The topological polar surface area (TPSA) is 46.4 Å². The van der Waals surface area contributed by atoms with Crippen LogP contribution in [0.2, 0.25) is 0 Å². The molecule has 0 atom stereocenters. The molecule has 1 heterocycles. The van der Waals surface area contributed by atoms with E-state index in [-0.39, 0.29) is 5.91 Å². The largest absolute Gasteiger partial charge is 0.352 e. The van der Waals surface area contributed by atoms with Gasteiger partial charge in [-0.25, -0.2) is 4.98 Å². The smallest absolute Gasteiger partial charge is 0.252 e. The number of quaternary nitrogens is 1. The molecule has 0 unspecified atom stereocenters. The van der Waals surface area contributed by atoms with E-state index in [4.69, 9.17) is 4.98 Å². The number of aromatic nitrogens is 1. The first-order valence-electron chi connectivity index (χ1n) is 8.77. The van der Waals surface area contributed by atoms with E-state index >= 15 is 0 Å². The first kappa shape index (κ1) is 18.5. The number of halogens is 1. The lowest BCUT2D eigenvalue weighted by molar-refractivity contribution is -0.858. The van der Waals surface area contributed by atoms with Crippen molar-refractivity contribution in [2.24, 2.45) is 0 Å². The number of benzene rings is 2. The Bertz CT molecular complexity index is 924. The second-order valence-electron chi connectivity index (χ2n) is 6.65. The molecule has 5 heteroatoms. The summed E-state index contributed by atoms with van der Waals surface area (Å²) in [7, 11) is 4.23. The molecule has 134 valence electrons. The van der Waals surface area contributed by atoms with Crippen LogP contribution in [0.5, 0.6) is 0 Å². The normalized spacial score (nSPS) is 11.1. The Morgan fingerprint density at radius 3 is 2.69 bits per heavy atom. The van der Waals surface area contributed by atoms with Crippen molar-refractivity contribution in [1.29, 1.82) is 0 Å². The van der Waals surface area contributed by atoms with Gasteiger partial charge in [-0.15, -0.1) is 0 Å². The molecule has 2 aromatic carbocycles. The van der Waals surface area contributed by atoms with E-state index in [0.717, 1.165) is 39.6 Å². The predicted molar refractivity (Wildman–Crippen MR) is 110 cm³/mol. The van der Waals surface area contributed by atoms with Crippen LogP contribution in [-0.4, -0.2) is 38.1 Å². The molecule has 3 aromatic rings. The summed E-state index contributed by atoms with van der Waals surface area (Å²) < 4.78 is 0.988.